The van der Waals surface area contributed by atoms with Gasteiger partial charge < -0.3 is 10.0 Å². The number of hydrogen-bond donors (Lipinski definition) is 1. The minimum atomic E-state index is -2.21. The molecule has 7 nitrogen and oxygen atoms in total. The predicted molar refractivity (Wildman–Crippen MR) is 115 cm³/mol. The summed E-state index contributed by atoms with van der Waals surface area (Å²) in [7, 11) is 0. The molecular formula is C23H16ClFN2O5. The minimum Gasteiger partial charge on any atom is -0.375 e. The van der Waals surface area contributed by atoms with Gasteiger partial charge in [-0.05, 0) is 18.2 Å². The molecule has 1 N–H and O–H groups in total. The number of anilines is 1. The summed E-state index contributed by atoms with van der Waals surface area (Å²) >= 11 is 6.11. The lowest BCUT2D eigenvalue weighted by Crippen LogP contribution is -2.41. The highest BCUT2D eigenvalue weighted by Crippen LogP contribution is 2.44. The average Bonchev–Trinajstić information content (AvgIpc) is 2.98. The van der Waals surface area contributed by atoms with E-state index in [0.717, 1.165) is 6.07 Å². The Morgan fingerprint density at radius 3 is 2.56 bits per heavy atom. The lowest BCUT2D eigenvalue weighted by atomic mass is 9.88. The number of nitro groups is 1. The molecule has 1 heterocycles. The second kappa shape index (κ2) is 8.14. The third-order valence-electron chi connectivity index (χ3n) is 5.41. The molecule has 1 aliphatic rings. The molecular weight excluding hydrogens is 439 g/mol. The second-order valence-electron chi connectivity index (χ2n) is 7.38. The first-order valence-electron chi connectivity index (χ1n) is 9.57. The van der Waals surface area contributed by atoms with Crippen LogP contribution in [-0.4, -0.2) is 21.7 Å². The van der Waals surface area contributed by atoms with Crippen LogP contribution >= 0.6 is 11.6 Å². The van der Waals surface area contributed by atoms with E-state index >= 15 is 0 Å². The number of nitrogens with zero attached hydrogens (tertiary/aromatic N) is 2. The van der Waals surface area contributed by atoms with Gasteiger partial charge in [0.15, 0.2) is 11.4 Å². The molecule has 1 aliphatic heterocycles. The number of amides is 1. The molecule has 4 rings (SSSR count). The molecule has 0 aromatic heterocycles. The average molecular weight is 455 g/mol. The van der Waals surface area contributed by atoms with Gasteiger partial charge in [-0.1, -0.05) is 48.0 Å². The van der Waals surface area contributed by atoms with Gasteiger partial charge in [-0.25, -0.2) is 4.39 Å². The van der Waals surface area contributed by atoms with Gasteiger partial charge >= 0.3 is 0 Å². The van der Waals surface area contributed by atoms with Crippen molar-refractivity contribution in [3.05, 3.63) is 104 Å². The van der Waals surface area contributed by atoms with Crippen molar-refractivity contribution in [2.45, 2.75) is 18.6 Å². The Morgan fingerprint density at radius 1 is 1.12 bits per heavy atom. The highest BCUT2D eigenvalue weighted by Gasteiger charge is 2.51. The van der Waals surface area contributed by atoms with Gasteiger partial charge in [0.05, 0.1) is 23.6 Å². The van der Waals surface area contributed by atoms with Crippen LogP contribution in [-0.2, 0) is 16.9 Å². The maximum absolute atomic E-state index is 14.3. The summed E-state index contributed by atoms with van der Waals surface area (Å²) in [5, 5.41) is 22.5. The molecule has 1 amide bonds. The van der Waals surface area contributed by atoms with Crippen LogP contribution in [0.3, 0.4) is 0 Å². The van der Waals surface area contributed by atoms with Crippen molar-refractivity contribution in [2.75, 3.05) is 4.90 Å². The molecule has 0 spiro atoms. The molecule has 1 atom stereocenters. The molecule has 3 aromatic carbocycles. The number of Topliss-reactive ketones (excluding diaryl/α,β-unsaturated/α-hetero) is 1. The fraction of sp³-hybridized carbons (Fsp3) is 0.130. The number of halogens is 2. The molecule has 32 heavy (non-hydrogen) atoms. The monoisotopic (exact) mass is 454 g/mol. The molecule has 9 heteroatoms. The molecule has 162 valence electrons. The standard InChI is InChI=1S/C23H16ClFN2O5/c24-18-8-4-9-19(25)16(18)13-26-20-10-2-1-7-17(20)23(30,22(26)29)12-21(28)14-5-3-6-15(11-14)27(31)32/h1-11,30H,12-13H2. The summed E-state index contributed by atoms with van der Waals surface area (Å²) in [6, 6.07) is 15.5. The summed E-state index contributed by atoms with van der Waals surface area (Å²) in [6.07, 6.45) is -0.633. The summed E-state index contributed by atoms with van der Waals surface area (Å²) in [4.78, 5) is 37.7. The van der Waals surface area contributed by atoms with Crippen molar-refractivity contribution in [2.24, 2.45) is 0 Å². The summed E-state index contributed by atoms with van der Waals surface area (Å²) < 4.78 is 14.3. The third-order valence-corrected chi connectivity index (χ3v) is 5.77. The van der Waals surface area contributed by atoms with Crippen LogP contribution in [0.1, 0.15) is 27.9 Å². The van der Waals surface area contributed by atoms with E-state index in [-0.39, 0.29) is 33.9 Å². The number of non-ortho nitro benzene ring substituents is 1. The van der Waals surface area contributed by atoms with E-state index in [2.05, 4.69) is 0 Å². The van der Waals surface area contributed by atoms with Crippen molar-refractivity contribution in [1.82, 2.24) is 0 Å². The normalized spacial score (nSPS) is 17.3. The predicted octanol–water partition coefficient (Wildman–Crippen LogP) is 4.39. The Hall–Kier alpha value is -3.62. The molecule has 0 radical (unpaired) electrons. The fourth-order valence-electron chi connectivity index (χ4n) is 3.80. The van der Waals surface area contributed by atoms with Crippen molar-refractivity contribution in [3.8, 4) is 0 Å². The summed E-state index contributed by atoms with van der Waals surface area (Å²) in [5.41, 5.74) is -1.91. The van der Waals surface area contributed by atoms with Crippen LogP contribution in [0.2, 0.25) is 5.02 Å². The highest BCUT2D eigenvalue weighted by atomic mass is 35.5. The number of rotatable bonds is 6. The van der Waals surface area contributed by atoms with E-state index in [1.807, 2.05) is 0 Å². The number of hydrogen-bond acceptors (Lipinski definition) is 5. The van der Waals surface area contributed by atoms with Crippen molar-refractivity contribution in [3.63, 3.8) is 0 Å². The van der Waals surface area contributed by atoms with E-state index < -0.39 is 34.5 Å². The van der Waals surface area contributed by atoms with Crippen LogP contribution in [0.25, 0.3) is 0 Å². The largest absolute Gasteiger partial charge is 0.375 e. The van der Waals surface area contributed by atoms with E-state index in [1.54, 1.807) is 18.2 Å². The smallest absolute Gasteiger partial charge is 0.270 e. The first-order chi connectivity index (χ1) is 15.2. The molecule has 0 bridgehead atoms. The van der Waals surface area contributed by atoms with Crippen molar-refractivity contribution >= 4 is 34.7 Å². The summed E-state index contributed by atoms with van der Waals surface area (Å²) in [6.45, 7) is -0.241. The van der Waals surface area contributed by atoms with Gasteiger partial charge in [0.1, 0.15) is 5.82 Å². The van der Waals surface area contributed by atoms with Gasteiger partial charge in [0, 0.05) is 33.8 Å². The third kappa shape index (κ3) is 3.63. The van der Waals surface area contributed by atoms with Crippen LogP contribution in [0.4, 0.5) is 15.8 Å². The van der Waals surface area contributed by atoms with Gasteiger partial charge in [-0.15, -0.1) is 0 Å². The zero-order valence-corrected chi connectivity index (χ0v) is 17.3. The van der Waals surface area contributed by atoms with E-state index in [4.69, 9.17) is 11.6 Å². The Labute approximate surface area is 186 Å². The topological polar surface area (TPSA) is 101 Å². The maximum atomic E-state index is 14.3. The first-order valence-corrected chi connectivity index (χ1v) is 9.94. The lowest BCUT2D eigenvalue weighted by Gasteiger charge is -2.23. The van der Waals surface area contributed by atoms with Gasteiger partial charge in [0.25, 0.3) is 11.6 Å². The van der Waals surface area contributed by atoms with E-state index in [9.17, 15) is 29.2 Å². The van der Waals surface area contributed by atoms with E-state index in [1.165, 1.54) is 47.4 Å². The number of benzene rings is 3. The van der Waals surface area contributed by atoms with Crippen LogP contribution in [0.5, 0.6) is 0 Å². The SMILES string of the molecule is O=C(CC1(O)C(=O)N(Cc2c(F)cccc2Cl)c2ccccc21)c1cccc([N+](=O)[O-])c1. The molecule has 0 saturated carbocycles. The fourth-order valence-corrected chi connectivity index (χ4v) is 4.03. The molecule has 1 unspecified atom stereocenters. The van der Waals surface area contributed by atoms with E-state index in [0.29, 0.717) is 5.69 Å². The van der Waals surface area contributed by atoms with Crippen LogP contribution in [0.15, 0.2) is 66.7 Å². The number of nitro benzene ring substituents is 1. The van der Waals surface area contributed by atoms with Crippen LogP contribution in [0, 0.1) is 15.9 Å². The van der Waals surface area contributed by atoms with Gasteiger partial charge in [0.2, 0.25) is 0 Å². The Kier molecular flexibility index (Phi) is 5.50. The number of para-hydroxylation sites is 1. The first kappa shape index (κ1) is 21.6. The number of aliphatic hydroxyl groups is 1. The number of carbonyl (C=O) groups is 2. The number of fused-ring (bicyclic) bond motifs is 1. The Morgan fingerprint density at radius 2 is 1.84 bits per heavy atom. The van der Waals surface area contributed by atoms with Crippen LogP contribution < -0.4 is 4.90 Å². The second-order valence-corrected chi connectivity index (χ2v) is 7.78. The Bertz CT molecular complexity index is 1240. The van der Waals surface area contributed by atoms with Gasteiger partial charge in [-0.3, -0.25) is 19.7 Å². The molecule has 0 saturated heterocycles. The van der Waals surface area contributed by atoms with Crippen molar-refractivity contribution in [1.29, 1.82) is 0 Å². The highest BCUT2D eigenvalue weighted by molar-refractivity contribution is 6.31. The van der Waals surface area contributed by atoms with Gasteiger partial charge in [-0.2, -0.15) is 0 Å². The molecule has 0 aliphatic carbocycles. The summed E-state index contributed by atoms with van der Waals surface area (Å²) in [5.74, 6) is -2.06. The minimum absolute atomic E-state index is 0.00601. The Balaban J connectivity index is 1.70. The quantitative estimate of drug-likeness (QED) is 0.338. The number of carbonyl (C=O) groups excluding carboxylic acids is 2. The van der Waals surface area contributed by atoms with Crippen molar-refractivity contribution < 1.29 is 24.0 Å². The zero-order valence-electron chi connectivity index (χ0n) is 16.5. The molecule has 0 fully saturated rings. The lowest BCUT2D eigenvalue weighted by molar-refractivity contribution is -0.384. The maximum Gasteiger partial charge on any atom is 0.270 e. The zero-order chi connectivity index (χ0) is 23.0. The molecule has 3 aromatic rings. The number of ketones is 1.